The van der Waals surface area contributed by atoms with Gasteiger partial charge in [-0.3, -0.25) is 4.79 Å². The highest BCUT2D eigenvalue weighted by Crippen LogP contribution is 2.29. The van der Waals surface area contributed by atoms with Crippen LogP contribution in [0.25, 0.3) is 16.7 Å². The second-order valence-corrected chi connectivity index (χ2v) is 9.27. The zero-order chi connectivity index (χ0) is 24.5. The molecule has 3 heterocycles. The predicted molar refractivity (Wildman–Crippen MR) is 132 cm³/mol. The van der Waals surface area contributed by atoms with Gasteiger partial charge in [-0.05, 0) is 64.1 Å². The first-order valence-corrected chi connectivity index (χ1v) is 11.8. The maximum atomic E-state index is 12.8. The first-order valence-electron chi connectivity index (χ1n) is 11.8. The summed E-state index contributed by atoms with van der Waals surface area (Å²) in [7, 11) is 2.11. The molecule has 0 spiro atoms. The van der Waals surface area contributed by atoms with Crippen molar-refractivity contribution in [1.29, 1.82) is 0 Å². The molecule has 1 saturated heterocycles. The standard InChI is InChI=1S/C27H28N4O4/c1-17-4-7-21(8-5-17)31-16-23(28-29-31)24(32)15-20-14-19-6-9-25(18(2)26(19)35-27(20)33)34-22-10-12-30(3)13-11-22/h4-9,14,16,22H,10-13,15H2,1-3H3. The first-order chi connectivity index (χ1) is 16.9. The SMILES string of the molecule is Cc1ccc(-n2cc(C(=O)Cc3cc4ccc(OC5CCN(C)CC5)c(C)c4oc3=O)nn2)cc1. The summed E-state index contributed by atoms with van der Waals surface area (Å²) in [5, 5.41) is 8.81. The number of piperidine rings is 1. The fourth-order valence-electron chi connectivity index (χ4n) is 4.36. The van der Waals surface area contributed by atoms with Crippen LogP contribution in [-0.2, 0) is 6.42 Å². The molecule has 8 nitrogen and oxygen atoms in total. The van der Waals surface area contributed by atoms with Crippen molar-refractivity contribution in [3.8, 4) is 11.4 Å². The van der Waals surface area contributed by atoms with Crippen LogP contribution in [0, 0.1) is 13.8 Å². The third kappa shape index (κ3) is 4.88. The zero-order valence-electron chi connectivity index (χ0n) is 20.2. The molecule has 2 aromatic carbocycles. The normalized spacial score (nSPS) is 14.9. The highest BCUT2D eigenvalue weighted by atomic mass is 16.5. The number of carbonyl (C=O) groups excluding carboxylic acids is 1. The van der Waals surface area contributed by atoms with Gasteiger partial charge in [0, 0.05) is 36.0 Å². The third-order valence-electron chi connectivity index (χ3n) is 6.56. The van der Waals surface area contributed by atoms with Crippen molar-refractivity contribution in [3.63, 3.8) is 0 Å². The van der Waals surface area contributed by atoms with Gasteiger partial charge in [0.2, 0.25) is 0 Å². The molecule has 1 fully saturated rings. The molecule has 0 radical (unpaired) electrons. The van der Waals surface area contributed by atoms with Gasteiger partial charge in [0.1, 0.15) is 23.1 Å². The number of hydrogen-bond acceptors (Lipinski definition) is 7. The number of ketones is 1. The number of aromatic nitrogens is 3. The molecule has 0 amide bonds. The lowest BCUT2D eigenvalue weighted by molar-refractivity contribution is 0.0987. The van der Waals surface area contributed by atoms with Gasteiger partial charge in [0.15, 0.2) is 5.78 Å². The van der Waals surface area contributed by atoms with E-state index >= 15 is 0 Å². The molecule has 0 aliphatic carbocycles. The Labute approximate surface area is 203 Å². The van der Waals surface area contributed by atoms with Crippen LogP contribution in [0.2, 0.25) is 0 Å². The molecule has 5 rings (SSSR count). The number of hydrogen-bond donors (Lipinski definition) is 0. The number of benzene rings is 2. The Morgan fingerprint density at radius 2 is 1.86 bits per heavy atom. The van der Waals surface area contributed by atoms with Crippen molar-refractivity contribution in [2.75, 3.05) is 20.1 Å². The second-order valence-electron chi connectivity index (χ2n) is 9.27. The van der Waals surface area contributed by atoms with Crippen LogP contribution in [0.5, 0.6) is 5.75 Å². The maximum absolute atomic E-state index is 12.8. The summed E-state index contributed by atoms with van der Waals surface area (Å²) in [5.41, 5.74) is 3.17. The van der Waals surface area contributed by atoms with Crippen molar-refractivity contribution in [3.05, 3.63) is 81.5 Å². The minimum atomic E-state index is -0.531. The van der Waals surface area contributed by atoms with E-state index in [0.717, 1.165) is 53.9 Å². The number of nitrogens with zero attached hydrogens (tertiary/aromatic N) is 4. The van der Waals surface area contributed by atoms with Crippen LogP contribution in [0.15, 0.2) is 57.9 Å². The van der Waals surface area contributed by atoms with Gasteiger partial charge in [-0.1, -0.05) is 22.9 Å². The number of rotatable bonds is 6. The van der Waals surface area contributed by atoms with E-state index in [-0.39, 0.29) is 29.6 Å². The van der Waals surface area contributed by atoms with Crippen LogP contribution < -0.4 is 10.4 Å². The Morgan fingerprint density at radius 3 is 2.60 bits per heavy atom. The molecule has 35 heavy (non-hydrogen) atoms. The van der Waals surface area contributed by atoms with Crippen molar-refractivity contribution in [2.45, 2.75) is 39.2 Å². The number of ether oxygens (including phenoxy) is 1. The topological polar surface area (TPSA) is 90.5 Å². The van der Waals surface area contributed by atoms with Gasteiger partial charge in [-0.2, -0.15) is 0 Å². The van der Waals surface area contributed by atoms with E-state index in [1.54, 1.807) is 16.9 Å². The molecule has 180 valence electrons. The molecule has 0 atom stereocenters. The quantitative estimate of drug-likeness (QED) is 0.311. The molecule has 1 aliphatic rings. The van der Waals surface area contributed by atoms with Crippen LogP contribution >= 0.6 is 0 Å². The van der Waals surface area contributed by atoms with Crippen LogP contribution in [-0.4, -0.2) is 51.9 Å². The van der Waals surface area contributed by atoms with Gasteiger partial charge in [0.25, 0.3) is 0 Å². The minimum Gasteiger partial charge on any atom is -0.490 e. The van der Waals surface area contributed by atoms with Gasteiger partial charge in [0.05, 0.1) is 11.9 Å². The number of likely N-dealkylation sites (tertiary alicyclic amines) is 1. The molecular weight excluding hydrogens is 444 g/mol. The van der Waals surface area contributed by atoms with Crippen molar-refractivity contribution >= 4 is 16.8 Å². The minimum absolute atomic E-state index is 0.113. The Bertz CT molecular complexity index is 1430. The highest BCUT2D eigenvalue weighted by Gasteiger charge is 2.21. The average Bonchev–Trinajstić information content (AvgIpc) is 3.34. The Hall–Kier alpha value is -3.78. The summed E-state index contributed by atoms with van der Waals surface area (Å²) in [6.07, 6.45) is 3.55. The Balaban J connectivity index is 1.34. The lowest BCUT2D eigenvalue weighted by atomic mass is 10.0. The van der Waals surface area contributed by atoms with E-state index in [4.69, 9.17) is 9.15 Å². The molecule has 0 saturated carbocycles. The molecule has 0 N–H and O–H groups in total. The van der Waals surface area contributed by atoms with Gasteiger partial charge in [-0.25, -0.2) is 9.48 Å². The summed E-state index contributed by atoms with van der Waals surface area (Å²) in [4.78, 5) is 27.9. The third-order valence-corrected chi connectivity index (χ3v) is 6.56. The fourth-order valence-corrected chi connectivity index (χ4v) is 4.36. The summed E-state index contributed by atoms with van der Waals surface area (Å²) in [6.45, 7) is 5.90. The van der Waals surface area contributed by atoms with Crippen LogP contribution in [0.3, 0.4) is 0 Å². The van der Waals surface area contributed by atoms with Crippen molar-refractivity contribution in [1.82, 2.24) is 19.9 Å². The van der Waals surface area contributed by atoms with E-state index < -0.39 is 5.63 Å². The van der Waals surface area contributed by atoms with E-state index in [0.29, 0.717) is 5.58 Å². The Kier molecular flexibility index (Phi) is 6.21. The monoisotopic (exact) mass is 472 g/mol. The van der Waals surface area contributed by atoms with E-state index in [1.807, 2.05) is 50.2 Å². The summed E-state index contributed by atoms with van der Waals surface area (Å²) >= 11 is 0. The highest BCUT2D eigenvalue weighted by molar-refractivity contribution is 5.96. The average molecular weight is 473 g/mol. The summed E-state index contributed by atoms with van der Waals surface area (Å²) in [5.74, 6) is 0.431. The van der Waals surface area contributed by atoms with E-state index in [1.165, 1.54) is 0 Å². The smallest absolute Gasteiger partial charge is 0.339 e. The zero-order valence-corrected chi connectivity index (χ0v) is 20.2. The molecule has 0 unspecified atom stereocenters. The first kappa shape index (κ1) is 23.0. The summed E-state index contributed by atoms with van der Waals surface area (Å²) in [6, 6.07) is 13.2. The van der Waals surface area contributed by atoms with Crippen molar-refractivity contribution in [2.24, 2.45) is 0 Å². The van der Waals surface area contributed by atoms with Crippen molar-refractivity contribution < 1.29 is 13.9 Å². The van der Waals surface area contributed by atoms with Gasteiger partial charge < -0.3 is 14.1 Å². The van der Waals surface area contributed by atoms with Gasteiger partial charge in [-0.15, -0.1) is 5.10 Å². The lowest BCUT2D eigenvalue weighted by Gasteiger charge is -2.29. The second kappa shape index (κ2) is 9.46. The fraction of sp³-hybridized carbons (Fsp3) is 0.333. The molecule has 0 bridgehead atoms. The Morgan fingerprint density at radius 1 is 1.11 bits per heavy atom. The number of Topliss-reactive ketones (excluding diaryl/α,β-unsaturated/α-hetero) is 1. The molecule has 1 aliphatic heterocycles. The van der Waals surface area contributed by atoms with Crippen LogP contribution in [0.4, 0.5) is 0 Å². The summed E-state index contributed by atoms with van der Waals surface area (Å²) < 4.78 is 13.4. The van der Waals surface area contributed by atoms with Crippen LogP contribution in [0.1, 0.15) is 40.0 Å². The number of fused-ring (bicyclic) bond motifs is 1. The van der Waals surface area contributed by atoms with Gasteiger partial charge >= 0.3 is 5.63 Å². The molecule has 8 heteroatoms. The number of carbonyl (C=O) groups is 1. The predicted octanol–water partition coefficient (Wildman–Crippen LogP) is 3.89. The molecule has 2 aromatic heterocycles. The molecular formula is C27H28N4O4. The maximum Gasteiger partial charge on any atom is 0.339 e. The molecule has 4 aromatic rings. The largest absolute Gasteiger partial charge is 0.490 e. The lowest BCUT2D eigenvalue weighted by Crippen LogP contribution is -2.35. The van der Waals surface area contributed by atoms with E-state index in [9.17, 15) is 9.59 Å². The van der Waals surface area contributed by atoms with E-state index in [2.05, 4.69) is 22.3 Å². The number of aryl methyl sites for hydroxylation is 2.